The number of urea groups is 1. The van der Waals surface area contributed by atoms with E-state index < -0.39 is 0 Å². The number of benzene rings is 2. The Hall–Kier alpha value is -2.54. The van der Waals surface area contributed by atoms with Crippen LogP contribution in [0.5, 0.6) is 0 Å². The van der Waals surface area contributed by atoms with E-state index in [0.29, 0.717) is 16.6 Å². The third kappa shape index (κ3) is 9.92. The zero-order valence-electron chi connectivity index (χ0n) is 20.2. The van der Waals surface area contributed by atoms with E-state index in [9.17, 15) is 9.59 Å². The number of likely N-dealkylation sites (tertiary alicyclic amines) is 1. The van der Waals surface area contributed by atoms with Gasteiger partial charge in [0.05, 0.1) is 10.0 Å². The van der Waals surface area contributed by atoms with Crippen LogP contribution in [0.25, 0.3) is 6.08 Å². The Labute approximate surface area is 218 Å². The second-order valence-electron chi connectivity index (χ2n) is 8.94. The second kappa shape index (κ2) is 14.1. The van der Waals surface area contributed by atoms with Crippen LogP contribution in [0.2, 0.25) is 10.0 Å². The van der Waals surface area contributed by atoms with Gasteiger partial charge in [0, 0.05) is 37.4 Å². The lowest BCUT2D eigenvalue weighted by atomic mass is 10.0. The molecule has 3 N–H and O–H groups in total. The molecule has 1 aliphatic rings. The summed E-state index contributed by atoms with van der Waals surface area (Å²) in [6.07, 6.45) is 8.27. The van der Waals surface area contributed by atoms with Crippen molar-refractivity contribution in [2.24, 2.45) is 0 Å². The van der Waals surface area contributed by atoms with Gasteiger partial charge in [0.2, 0.25) is 5.91 Å². The summed E-state index contributed by atoms with van der Waals surface area (Å²) < 4.78 is 0. The molecule has 3 amide bonds. The average Bonchev–Trinajstić information content (AvgIpc) is 2.83. The van der Waals surface area contributed by atoms with Crippen LogP contribution in [0.1, 0.15) is 43.2 Å². The van der Waals surface area contributed by atoms with E-state index >= 15 is 0 Å². The lowest BCUT2D eigenvalue weighted by Gasteiger charge is -2.32. The molecule has 0 unspecified atom stereocenters. The predicted octanol–water partition coefficient (Wildman–Crippen LogP) is 5.89. The van der Waals surface area contributed by atoms with Crippen molar-refractivity contribution in [3.63, 3.8) is 0 Å². The second-order valence-corrected chi connectivity index (χ2v) is 9.76. The smallest absolute Gasteiger partial charge is 0.319 e. The van der Waals surface area contributed by atoms with Crippen molar-refractivity contribution in [1.29, 1.82) is 0 Å². The lowest BCUT2D eigenvalue weighted by molar-refractivity contribution is -0.116. The van der Waals surface area contributed by atoms with E-state index in [4.69, 9.17) is 23.2 Å². The molecule has 2 aromatic carbocycles. The Bertz CT molecular complexity index is 1020. The fourth-order valence-electron chi connectivity index (χ4n) is 4.07. The highest BCUT2D eigenvalue weighted by Crippen LogP contribution is 2.23. The Kier molecular flexibility index (Phi) is 10.9. The standard InChI is InChI=1S/C27H34Cl2N4O2/c1-20-6-5-7-23(18-20)32-27(35)31-22-12-16-33(17-13-22)15-4-2-3-14-30-26(34)11-9-21-8-10-24(28)25(29)19-21/h5-11,18-19,22H,2-4,12-17H2,1H3,(H,30,34)(H2,31,32,35)/b11-9+. The summed E-state index contributed by atoms with van der Waals surface area (Å²) in [5, 5.41) is 9.89. The molecule has 1 aliphatic heterocycles. The van der Waals surface area contributed by atoms with Crippen LogP contribution in [0.15, 0.2) is 48.5 Å². The summed E-state index contributed by atoms with van der Waals surface area (Å²) in [5.74, 6) is -0.114. The zero-order valence-corrected chi connectivity index (χ0v) is 21.7. The molecular weight excluding hydrogens is 483 g/mol. The molecule has 0 bridgehead atoms. The highest BCUT2D eigenvalue weighted by atomic mass is 35.5. The Morgan fingerprint density at radius 3 is 2.57 bits per heavy atom. The van der Waals surface area contributed by atoms with Gasteiger partial charge >= 0.3 is 6.03 Å². The van der Waals surface area contributed by atoms with Crippen molar-refractivity contribution >= 4 is 46.9 Å². The van der Waals surface area contributed by atoms with Gasteiger partial charge in [-0.2, -0.15) is 0 Å². The summed E-state index contributed by atoms with van der Waals surface area (Å²) in [6, 6.07) is 13.1. The number of rotatable bonds is 10. The van der Waals surface area contributed by atoms with E-state index in [2.05, 4.69) is 20.9 Å². The molecule has 6 nitrogen and oxygen atoms in total. The van der Waals surface area contributed by atoms with Gasteiger partial charge in [-0.25, -0.2) is 4.79 Å². The lowest BCUT2D eigenvalue weighted by Crippen LogP contribution is -2.46. The number of halogens is 2. The van der Waals surface area contributed by atoms with Crippen molar-refractivity contribution < 1.29 is 9.59 Å². The minimum Gasteiger partial charge on any atom is -0.353 e. The summed E-state index contributed by atoms with van der Waals surface area (Å²) in [7, 11) is 0. The quantitative estimate of drug-likeness (QED) is 0.272. The number of unbranched alkanes of at least 4 members (excludes halogenated alkanes) is 2. The van der Waals surface area contributed by atoms with E-state index in [1.165, 1.54) is 6.08 Å². The number of anilines is 1. The number of nitrogens with zero attached hydrogens (tertiary/aromatic N) is 1. The summed E-state index contributed by atoms with van der Waals surface area (Å²) in [4.78, 5) is 26.7. The molecule has 8 heteroatoms. The van der Waals surface area contributed by atoms with Gasteiger partial charge in [-0.3, -0.25) is 4.79 Å². The minimum absolute atomic E-state index is 0.114. The molecule has 0 radical (unpaired) electrons. The van der Waals surface area contributed by atoms with Gasteiger partial charge in [-0.05, 0) is 80.6 Å². The summed E-state index contributed by atoms with van der Waals surface area (Å²) in [6.45, 7) is 5.70. The monoisotopic (exact) mass is 516 g/mol. The average molecular weight is 518 g/mol. The molecular formula is C27H34Cl2N4O2. The first-order chi connectivity index (χ1) is 16.9. The van der Waals surface area contributed by atoms with Crippen molar-refractivity contribution in [3.8, 4) is 0 Å². The minimum atomic E-state index is -0.136. The number of amides is 3. The van der Waals surface area contributed by atoms with E-state index in [-0.39, 0.29) is 18.0 Å². The molecule has 1 heterocycles. The molecule has 1 saturated heterocycles. The Morgan fingerprint density at radius 2 is 1.83 bits per heavy atom. The van der Waals surface area contributed by atoms with Gasteiger partial charge < -0.3 is 20.9 Å². The number of hydrogen-bond acceptors (Lipinski definition) is 3. The molecule has 0 aromatic heterocycles. The normalized spacial score (nSPS) is 14.7. The van der Waals surface area contributed by atoms with Gasteiger partial charge in [-0.1, -0.05) is 47.8 Å². The first-order valence-electron chi connectivity index (χ1n) is 12.2. The van der Waals surface area contributed by atoms with Gasteiger partial charge in [0.1, 0.15) is 0 Å². The first-order valence-corrected chi connectivity index (χ1v) is 12.9. The maximum Gasteiger partial charge on any atom is 0.319 e. The fraction of sp³-hybridized carbons (Fsp3) is 0.407. The maximum absolute atomic E-state index is 12.3. The molecule has 0 atom stereocenters. The van der Waals surface area contributed by atoms with Crippen molar-refractivity contribution in [3.05, 3.63) is 69.7 Å². The fourth-order valence-corrected chi connectivity index (χ4v) is 4.38. The predicted molar refractivity (Wildman–Crippen MR) is 145 cm³/mol. The summed E-state index contributed by atoms with van der Waals surface area (Å²) >= 11 is 11.9. The molecule has 3 rings (SSSR count). The number of carbonyl (C=O) groups is 2. The third-order valence-corrected chi connectivity index (χ3v) is 6.76. The van der Waals surface area contributed by atoms with Crippen molar-refractivity contribution in [2.75, 3.05) is 31.5 Å². The zero-order chi connectivity index (χ0) is 25.0. The van der Waals surface area contributed by atoms with Gasteiger partial charge in [0.25, 0.3) is 0 Å². The largest absolute Gasteiger partial charge is 0.353 e. The third-order valence-electron chi connectivity index (χ3n) is 6.02. The molecule has 0 saturated carbocycles. The van der Waals surface area contributed by atoms with Crippen LogP contribution < -0.4 is 16.0 Å². The highest BCUT2D eigenvalue weighted by molar-refractivity contribution is 6.42. The molecule has 0 spiro atoms. The topological polar surface area (TPSA) is 73.5 Å². The van der Waals surface area contributed by atoms with E-state index in [1.54, 1.807) is 18.2 Å². The van der Waals surface area contributed by atoms with Crippen molar-refractivity contribution in [1.82, 2.24) is 15.5 Å². The van der Waals surface area contributed by atoms with Crippen LogP contribution in [-0.2, 0) is 4.79 Å². The first kappa shape index (κ1) is 27.1. The number of hydrogen-bond donors (Lipinski definition) is 3. The van der Waals surface area contributed by atoms with E-state index in [0.717, 1.165) is 68.6 Å². The Morgan fingerprint density at radius 1 is 1.03 bits per heavy atom. The van der Waals surface area contributed by atoms with E-state index in [1.807, 2.05) is 37.3 Å². The maximum atomic E-state index is 12.3. The van der Waals surface area contributed by atoms with Gasteiger partial charge in [0.15, 0.2) is 0 Å². The SMILES string of the molecule is Cc1cccc(NC(=O)NC2CCN(CCCCCNC(=O)/C=C/c3ccc(Cl)c(Cl)c3)CC2)c1. The van der Waals surface area contributed by atoms with Crippen LogP contribution in [0.4, 0.5) is 10.5 Å². The number of aryl methyl sites for hydroxylation is 1. The molecule has 0 aliphatic carbocycles. The van der Waals surface area contributed by atoms with Crippen LogP contribution in [-0.4, -0.2) is 49.1 Å². The Balaban J connectivity index is 1.22. The summed E-state index contributed by atoms with van der Waals surface area (Å²) in [5.41, 5.74) is 2.77. The number of carbonyl (C=O) groups excluding carboxylic acids is 2. The van der Waals surface area contributed by atoms with Crippen LogP contribution >= 0.6 is 23.2 Å². The highest BCUT2D eigenvalue weighted by Gasteiger charge is 2.20. The molecule has 1 fully saturated rings. The van der Waals surface area contributed by atoms with Crippen LogP contribution in [0, 0.1) is 6.92 Å². The van der Waals surface area contributed by atoms with Crippen LogP contribution in [0.3, 0.4) is 0 Å². The number of piperidine rings is 1. The van der Waals surface area contributed by atoms with Crippen molar-refractivity contribution in [2.45, 2.75) is 45.1 Å². The number of nitrogens with one attached hydrogen (secondary N) is 3. The molecule has 188 valence electrons. The molecule has 35 heavy (non-hydrogen) atoms. The van der Waals surface area contributed by atoms with Gasteiger partial charge in [-0.15, -0.1) is 0 Å². The molecule has 2 aromatic rings.